The standard InChI is InChI=1S/C20H17NO2S/c1-21-18-12-6-5-11-17(18)19(15-20(21)22)24-14-8-7-13-23-16-9-3-2-4-10-16/h2-6,9-12,15H,13-14H2,1H3. The van der Waals surface area contributed by atoms with Crippen molar-refractivity contribution < 1.29 is 4.74 Å². The summed E-state index contributed by atoms with van der Waals surface area (Å²) in [4.78, 5) is 13.0. The van der Waals surface area contributed by atoms with Crippen molar-refractivity contribution in [3.05, 3.63) is 71.0 Å². The third-order valence-electron chi connectivity index (χ3n) is 3.60. The van der Waals surface area contributed by atoms with Crippen molar-refractivity contribution in [2.45, 2.75) is 4.90 Å². The van der Waals surface area contributed by atoms with E-state index in [1.54, 1.807) is 29.4 Å². The molecule has 24 heavy (non-hydrogen) atoms. The summed E-state index contributed by atoms with van der Waals surface area (Å²) in [7, 11) is 1.79. The van der Waals surface area contributed by atoms with Crippen LogP contribution in [0.15, 0.2) is 70.4 Å². The van der Waals surface area contributed by atoms with E-state index in [9.17, 15) is 4.79 Å². The summed E-state index contributed by atoms with van der Waals surface area (Å²) < 4.78 is 7.19. The predicted octanol–water partition coefficient (Wildman–Crippen LogP) is 3.71. The fraction of sp³-hybridized carbons (Fsp3) is 0.150. The van der Waals surface area contributed by atoms with Gasteiger partial charge in [-0.2, -0.15) is 0 Å². The number of thioether (sulfide) groups is 1. The zero-order valence-electron chi connectivity index (χ0n) is 13.4. The lowest BCUT2D eigenvalue weighted by Gasteiger charge is -2.08. The van der Waals surface area contributed by atoms with E-state index in [0.29, 0.717) is 12.4 Å². The molecule has 0 saturated carbocycles. The number of nitrogens with zero attached hydrogens (tertiary/aromatic N) is 1. The molecular formula is C20H17NO2S. The van der Waals surface area contributed by atoms with E-state index in [1.807, 2.05) is 54.6 Å². The van der Waals surface area contributed by atoms with Crippen molar-refractivity contribution in [1.82, 2.24) is 4.57 Å². The summed E-state index contributed by atoms with van der Waals surface area (Å²) >= 11 is 1.58. The summed E-state index contributed by atoms with van der Waals surface area (Å²) in [6.45, 7) is 0.363. The molecule has 1 aromatic heterocycles. The van der Waals surface area contributed by atoms with E-state index in [1.165, 1.54) is 0 Å². The van der Waals surface area contributed by atoms with Gasteiger partial charge in [0.05, 0.1) is 11.3 Å². The van der Waals surface area contributed by atoms with Crippen LogP contribution in [0.5, 0.6) is 5.75 Å². The predicted molar refractivity (Wildman–Crippen MR) is 99.6 cm³/mol. The second kappa shape index (κ2) is 7.76. The van der Waals surface area contributed by atoms with Crippen molar-refractivity contribution in [2.75, 3.05) is 12.4 Å². The van der Waals surface area contributed by atoms with Gasteiger partial charge in [0.2, 0.25) is 0 Å². The van der Waals surface area contributed by atoms with Gasteiger partial charge in [0.15, 0.2) is 0 Å². The lowest BCUT2D eigenvalue weighted by atomic mass is 10.2. The van der Waals surface area contributed by atoms with E-state index in [4.69, 9.17) is 4.74 Å². The Morgan fingerprint density at radius 3 is 2.62 bits per heavy atom. The van der Waals surface area contributed by atoms with E-state index >= 15 is 0 Å². The molecule has 3 nitrogen and oxygen atoms in total. The fourth-order valence-electron chi connectivity index (χ4n) is 2.35. The third-order valence-corrected chi connectivity index (χ3v) is 4.53. The minimum absolute atomic E-state index is 0.00318. The Morgan fingerprint density at radius 2 is 1.79 bits per heavy atom. The monoisotopic (exact) mass is 335 g/mol. The number of ether oxygens (including phenoxy) is 1. The van der Waals surface area contributed by atoms with Gasteiger partial charge in [0.1, 0.15) is 12.4 Å². The molecule has 0 atom stereocenters. The molecule has 0 fully saturated rings. The smallest absolute Gasteiger partial charge is 0.251 e. The van der Waals surface area contributed by atoms with Crippen molar-refractivity contribution in [2.24, 2.45) is 7.05 Å². The van der Waals surface area contributed by atoms with Gasteiger partial charge in [0, 0.05) is 23.4 Å². The van der Waals surface area contributed by atoms with Crippen LogP contribution in [0.4, 0.5) is 0 Å². The number of hydrogen-bond donors (Lipinski definition) is 0. The molecular weight excluding hydrogens is 318 g/mol. The number of aromatic nitrogens is 1. The molecule has 120 valence electrons. The molecule has 0 N–H and O–H groups in total. The summed E-state index contributed by atoms with van der Waals surface area (Å²) in [6, 6.07) is 19.2. The second-order valence-corrected chi connectivity index (χ2v) is 6.18. The first kappa shape index (κ1) is 16.2. The highest BCUT2D eigenvalue weighted by Crippen LogP contribution is 2.25. The Kier molecular flexibility index (Phi) is 5.25. The number of fused-ring (bicyclic) bond motifs is 1. The summed E-state index contributed by atoms with van der Waals surface area (Å²) in [5.41, 5.74) is 0.935. The normalized spacial score (nSPS) is 10.2. The summed E-state index contributed by atoms with van der Waals surface area (Å²) in [6.07, 6.45) is 0. The van der Waals surface area contributed by atoms with Crippen molar-refractivity contribution in [3.63, 3.8) is 0 Å². The van der Waals surface area contributed by atoms with Crippen molar-refractivity contribution >= 4 is 22.7 Å². The zero-order valence-corrected chi connectivity index (χ0v) is 14.2. The maximum absolute atomic E-state index is 12.0. The Hall–Kier alpha value is -2.64. The van der Waals surface area contributed by atoms with Crippen LogP contribution in [0, 0.1) is 11.8 Å². The van der Waals surface area contributed by atoms with Crippen LogP contribution in [-0.2, 0) is 7.05 Å². The van der Waals surface area contributed by atoms with Gasteiger partial charge < -0.3 is 9.30 Å². The Bertz CT molecular complexity index is 952. The van der Waals surface area contributed by atoms with Crippen LogP contribution in [0.2, 0.25) is 0 Å². The van der Waals surface area contributed by atoms with Gasteiger partial charge in [-0.15, -0.1) is 11.8 Å². The van der Waals surface area contributed by atoms with Gasteiger partial charge in [-0.25, -0.2) is 0 Å². The van der Waals surface area contributed by atoms with Crippen LogP contribution >= 0.6 is 11.8 Å². The van der Waals surface area contributed by atoms with Crippen LogP contribution < -0.4 is 10.3 Å². The highest BCUT2D eigenvalue weighted by atomic mass is 32.2. The van der Waals surface area contributed by atoms with E-state index in [2.05, 4.69) is 11.8 Å². The largest absolute Gasteiger partial charge is 0.481 e. The maximum Gasteiger partial charge on any atom is 0.251 e. The molecule has 0 aliphatic rings. The van der Waals surface area contributed by atoms with Crippen molar-refractivity contribution in [1.29, 1.82) is 0 Å². The number of rotatable bonds is 4. The SMILES string of the molecule is Cn1c(=O)cc(SCC#CCOc2ccccc2)c2ccccc21. The fourth-order valence-corrected chi connectivity index (χ4v) is 3.19. The third kappa shape index (κ3) is 3.81. The molecule has 1 heterocycles. The number of para-hydroxylation sites is 2. The molecule has 0 aliphatic heterocycles. The number of benzene rings is 2. The summed E-state index contributed by atoms with van der Waals surface area (Å²) in [5, 5.41) is 1.08. The minimum atomic E-state index is -0.00318. The quantitative estimate of drug-likeness (QED) is 0.538. The Morgan fingerprint density at radius 1 is 1.04 bits per heavy atom. The van der Waals surface area contributed by atoms with E-state index < -0.39 is 0 Å². The molecule has 4 heteroatoms. The molecule has 2 aromatic carbocycles. The maximum atomic E-state index is 12.0. The topological polar surface area (TPSA) is 31.2 Å². The van der Waals surface area contributed by atoms with Gasteiger partial charge in [0.25, 0.3) is 5.56 Å². The first-order chi connectivity index (χ1) is 11.8. The molecule has 0 spiro atoms. The van der Waals surface area contributed by atoms with Gasteiger partial charge in [-0.05, 0) is 18.2 Å². The molecule has 3 rings (SSSR count). The summed E-state index contributed by atoms with van der Waals surface area (Å²) in [5.74, 6) is 7.52. The number of pyridine rings is 1. The average molecular weight is 335 g/mol. The van der Waals surface area contributed by atoms with Crippen LogP contribution in [0.3, 0.4) is 0 Å². The first-order valence-corrected chi connectivity index (χ1v) is 8.59. The van der Waals surface area contributed by atoms with E-state index in [0.717, 1.165) is 21.5 Å². The van der Waals surface area contributed by atoms with Crippen LogP contribution in [-0.4, -0.2) is 16.9 Å². The molecule has 3 aromatic rings. The lowest BCUT2D eigenvalue weighted by Crippen LogP contribution is -2.16. The number of hydrogen-bond acceptors (Lipinski definition) is 3. The van der Waals surface area contributed by atoms with Crippen LogP contribution in [0.1, 0.15) is 0 Å². The van der Waals surface area contributed by atoms with Gasteiger partial charge in [-0.1, -0.05) is 48.2 Å². The molecule has 0 aliphatic carbocycles. The number of aryl methyl sites for hydroxylation is 1. The molecule has 0 bridgehead atoms. The van der Waals surface area contributed by atoms with Gasteiger partial charge in [-0.3, -0.25) is 4.79 Å². The highest BCUT2D eigenvalue weighted by Gasteiger charge is 2.05. The second-order valence-electron chi connectivity index (χ2n) is 5.17. The highest BCUT2D eigenvalue weighted by molar-refractivity contribution is 7.99. The molecule has 0 saturated heterocycles. The molecule has 0 radical (unpaired) electrons. The lowest BCUT2D eigenvalue weighted by molar-refractivity contribution is 0.370. The Balaban J connectivity index is 1.64. The first-order valence-electron chi connectivity index (χ1n) is 7.61. The Labute approximate surface area is 145 Å². The van der Waals surface area contributed by atoms with E-state index in [-0.39, 0.29) is 5.56 Å². The van der Waals surface area contributed by atoms with Crippen LogP contribution in [0.25, 0.3) is 10.9 Å². The minimum Gasteiger partial charge on any atom is -0.481 e. The molecule has 0 amide bonds. The van der Waals surface area contributed by atoms with Gasteiger partial charge >= 0.3 is 0 Å². The average Bonchev–Trinajstić information content (AvgIpc) is 2.63. The zero-order chi connectivity index (χ0) is 16.8. The molecule has 0 unspecified atom stereocenters. The van der Waals surface area contributed by atoms with Crippen molar-refractivity contribution in [3.8, 4) is 17.6 Å².